The predicted molar refractivity (Wildman–Crippen MR) is 174 cm³/mol. The second-order valence-electron chi connectivity index (χ2n) is 11.2. The smallest absolute Gasteiger partial charge is 0.0991 e. The van der Waals surface area contributed by atoms with E-state index < -0.39 is 0 Å². The fourth-order valence-corrected chi connectivity index (χ4v) is 6.97. The first-order chi connectivity index (χ1) is 21.3. The van der Waals surface area contributed by atoms with Crippen LogP contribution >= 0.6 is 0 Å². The van der Waals surface area contributed by atoms with Crippen molar-refractivity contribution in [2.75, 3.05) is 0 Å². The lowest BCUT2D eigenvalue weighted by molar-refractivity contribution is 0.110. The van der Waals surface area contributed by atoms with Crippen molar-refractivity contribution < 1.29 is 4.74 Å². The summed E-state index contributed by atoms with van der Waals surface area (Å²) in [5.74, 6) is 0. The maximum atomic E-state index is 9.54. The van der Waals surface area contributed by atoms with Crippen molar-refractivity contribution in [2.45, 2.75) is 13.2 Å². The molecule has 0 atom stereocenters. The van der Waals surface area contributed by atoms with Crippen LogP contribution in [0.2, 0.25) is 0 Å². The van der Waals surface area contributed by atoms with Gasteiger partial charge in [-0.15, -0.1) is 0 Å². The lowest BCUT2D eigenvalue weighted by Crippen LogP contribution is -1.98. The van der Waals surface area contributed by atoms with Crippen LogP contribution in [-0.2, 0) is 18.0 Å². The van der Waals surface area contributed by atoms with E-state index in [1.165, 1.54) is 38.5 Å². The van der Waals surface area contributed by atoms with Crippen molar-refractivity contribution in [3.63, 3.8) is 0 Å². The predicted octanol–water partition coefficient (Wildman–Crippen LogP) is 9.45. The third kappa shape index (κ3) is 3.53. The fourth-order valence-electron chi connectivity index (χ4n) is 6.97. The Morgan fingerprint density at radius 3 is 1.72 bits per heavy atom. The van der Waals surface area contributed by atoms with Gasteiger partial charge in [0, 0.05) is 32.9 Å². The van der Waals surface area contributed by atoms with Gasteiger partial charge in [-0.2, -0.15) is 5.26 Å². The maximum absolute atomic E-state index is 9.54. The molecule has 0 amide bonds. The lowest BCUT2D eigenvalue weighted by atomic mass is 9.95. The number of para-hydroxylation sites is 3. The molecule has 0 spiro atoms. The van der Waals surface area contributed by atoms with Crippen LogP contribution in [0.1, 0.15) is 16.7 Å². The number of ether oxygens (including phenoxy) is 1. The third-order valence-electron chi connectivity index (χ3n) is 8.89. The minimum atomic E-state index is 0.540. The Balaban J connectivity index is 1.24. The number of hydrogen-bond donors (Lipinski definition) is 0. The van der Waals surface area contributed by atoms with Gasteiger partial charge in [-0.3, -0.25) is 0 Å². The Labute approximate surface area is 248 Å². The normalized spacial score (nSPS) is 12.8. The van der Waals surface area contributed by atoms with E-state index in [9.17, 15) is 5.26 Å². The molecule has 6 aromatic carbocycles. The minimum Gasteiger partial charge on any atom is -0.372 e. The van der Waals surface area contributed by atoms with Crippen LogP contribution < -0.4 is 0 Å². The van der Waals surface area contributed by atoms with Crippen molar-refractivity contribution in [1.29, 1.82) is 5.26 Å². The Bertz CT molecular complexity index is 2400. The molecule has 0 radical (unpaired) electrons. The van der Waals surface area contributed by atoms with Gasteiger partial charge >= 0.3 is 0 Å². The highest BCUT2D eigenvalue weighted by Gasteiger charge is 2.20. The maximum Gasteiger partial charge on any atom is 0.0991 e. The molecule has 202 valence electrons. The molecule has 43 heavy (non-hydrogen) atoms. The third-order valence-corrected chi connectivity index (χ3v) is 8.89. The fraction of sp³-hybridized carbons (Fsp3) is 0.0513. The van der Waals surface area contributed by atoms with Gasteiger partial charge in [0.2, 0.25) is 0 Å². The van der Waals surface area contributed by atoms with Gasteiger partial charge in [-0.25, -0.2) is 0 Å². The van der Waals surface area contributed by atoms with E-state index in [1.807, 2.05) is 12.1 Å². The van der Waals surface area contributed by atoms with Gasteiger partial charge in [0.25, 0.3) is 0 Å². The molecule has 0 saturated heterocycles. The monoisotopic (exact) mass is 551 g/mol. The van der Waals surface area contributed by atoms with Gasteiger partial charge < -0.3 is 13.9 Å². The van der Waals surface area contributed by atoms with Crippen molar-refractivity contribution in [1.82, 2.24) is 9.13 Å². The van der Waals surface area contributed by atoms with Crippen LogP contribution in [0.25, 0.3) is 66.1 Å². The first-order valence-electron chi connectivity index (χ1n) is 14.5. The summed E-state index contributed by atoms with van der Waals surface area (Å²) >= 11 is 0. The van der Waals surface area contributed by atoms with Crippen LogP contribution in [0, 0.1) is 11.3 Å². The summed E-state index contributed by atoms with van der Waals surface area (Å²) in [6.45, 7) is 1.11. The molecule has 0 fully saturated rings. The number of aromatic nitrogens is 2. The molecule has 0 aliphatic carbocycles. The van der Waals surface area contributed by atoms with Crippen LogP contribution in [0.15, 0.2) is 127 Å². The number of fused-ring (bicyclic) bond motifs is 9. The van der Waals surface area contributed by atoms with Crippen molar-refractivity contribution in [3.05, 3.63) is 144 Å². The van der Waals surface area contributed by atoms with E-state index in [1.54, 1.807) is 0 Å². The summed E-state index contributed by atoms with van der Waals surface area (Å²) in [5.41, 5.74) is 12.3. The zero-order valence-electron chi connectivity index (χ0n) is 23.3. The van der Waals surface area contributed by atoms with Crippen LogP contribution in [-0.4, -0.2) is 9.13 Å². The van der Waals surface area contributed by atoms with Crippen LogP contribution in [0.4, 0.5) is 0 Å². The first kappa shape index (κ1) is 24.0. The van der Waals surface area contributed by atoms with Crippen molar-refractivity contribution in [2.24, 2.45) is 0 Å². The van der Waals surface area contributed by atoms with E-state index in [0.29, 0.717) is 18.8 Å². The van der Waals surface area contributed by atoms with E-state index in [-0.39, 0.29) is 0 Å². The molecule has 0 unspecified atom stereocenters. The zero-order chi connectivity index (χ0) is 28.5. The van der Waals surface area contributed by atoms with Crippen LogP contribution in [0.5, 0.6) is 0 Å². The van der Waals surface area contributed by atoms with Gasteiger partial charge in [0.1, 0.15) is 0 Å². The Hall–Kier alpha value is -5.63. The summed E-state index contributed by atoms with van der Waals surface area (Å²) in [6, 6.07) is 47.4. The Morgan fingerprint density at radius 1 is 0.488 bits per heavy atom. The molecule has 2 aromatic heterocycles. The highest BCUT2D eigenvalue weighted by Crippen LogP contribution is 2.39. The lowest BCUT2D eigenvalue weighted by Gasteiger charge is -2.15. The van der Waals surface area contributed by atoms with Crippen molar-refractivity contribution >= 4 is 43.6 Å². The molecule has 1 aliphatic heterocycles. The topological polar surface area (TPSA) is 42.9 Å². The number of benzene rings is 6. The SMILES string of the molecule is N#Cc1ccc2c(c1)c1ccccc1n2-c1ccc2c(c1)COCc1ccc(-n3c4ccccc4c4ccccc43)cc1-2. The minimum absolute atomic E-state index is 0.540. The van der Waals surface area contributed by atoms with Crippen LogP contribution in [0.3, 0.4) is 0 Å². The standard InChI is InChI=1S/C39H25N3O/c40-22-25-13-18-39-35(19-25)33-9-3-6-12-38(33)41(39)28-16-17-30-27(20-28)24-43-23-26-14-15-29(21-34(26)30)42-36-10-4-1-7-31(36)32-8-2-5-11-37(32)42/h1-21H,23-24H2. The molecule has 4 nitrogen and oxygen atoms in total. The average Bonchev–Trinajstić information content (AvgIpc) is 3.50. The molecule has 0 N–H and O–H groups in total. The molecule has 0 bridgehead atoms. The Kier molecular flexibility index (Phi) is 5.13. The Morgan fingerprint density at radius 2 is 1.05 bits per heavy atom. The second kappa shape index (κ2) is 9.19. The van der Waals surface area contributed by atoms with Gasteiger partial charge in [0.15, 0.2) is 0 Å². The van der Waals surface area contributed by atoms with Gasteiger partial charge in [-0.05, 0) is 82.9 Å². The molecular weight excluding hydrogens is 526 g/mol. The molecule has 3 heterocycles. The zero-order valence-corrected chi connectivity index (χ0v) is 23.3. The number of nitrogens with zero attached hydrogens (tertiary/aromatic N) is 3. The molecular formula is C39H25N3O. The molecule has 0 saturated carbocycles. The quantitative estimate of drug-likeness (QED) is 0.215. The number of hydrogen-bond acceptors (Lipinski definition) is 2. The number of nitriles is 1. The summed E-state index contributed by atoms with van der Waals surface area (Å²) in [5, 5.41) is 14.3. The van der Waals surface area contributed by atoms with E-state index in [2.05, 4.69) is 130 Å². The first-order valence-corrected chi connectivity index (χ1v) is 14.5. The summed E-state index contributed by atoms with van der Waals surface area (Å²) < 4.78 is 10.9. The van der Waals surface area contributed by atoms with Crippen molar-refractivity contribution in [3.8, 4) is 28.6 Å². The second-order valence-corrected chi connectivity index (χ2v) is 11.2. The summed E-state index contributed by atoms with van der Waals surface area (Å²) in [4.78, 5) is 0. The molecule has 4 heteroatoms. The summed E-state index contributed by atoms with van der Waals surface area (Å²) in [6.07, 6.45) is 0. The average molecular weight is 552 g/mol. The van der Waals surface area contributed by atoms with Gasteiger partial charge in [-0.1, -0.05) is 66.7 Å². The molecule has 8 aromatic rings. The summed E-state index contributed by atoms with van der Waals surface area (Å²) in [7, 11) is 0. The van der Waals surface area contributed by atoms with E-state index in [0.717, 1.165) is 38.7 Å². The van der Waals surface area contributed by atoms with E-state index in [4.69, 9.17) is 4.74 Å². The number of rotatable bonds is 2. The highest BCUT2D eigenvalue weighted by molar-refractivity contribution is 6.10. The van der Waals surface area contributed by atoms with Gasteiger partial charge in [0.05, 0.1) is 46.9 Å². The molecule has 9 rings (SSSR count). The van der Waals surface area contributed by atoms with E-state index >= 15 is 0 Å². The highest BCUT2D eigenvalue weighted by atomic mass is 16.5. The molecule has 1 aliphatic rings. The largest absolute Gasteiger partial charge is 0.372 e.